The molecule has 26 heavy (non-hydrogen) atoms. The second-order valence-electron chi connectivity index (χ2n) is 8.82. The molecule has 0 aliphatic heterocycles. The summed E-state index contributed by atoms with van der Waals surface area (Å²) in [4.78, 5) is 0. The van der Waals surface area contributed by atoms with Crippen molar-refractivity contribution in [2.75, 3.05) is 7.11 Å². The number of rotatable bonds is 5. The first-order valence-corrected chi connectivity index (χ1v) is 9.14. The molecule has 0 bridgehead atoms. The summed E-state index contributed by atoms with van der Waals surface area (Å²) < 4.78 is 11.2. The highest BCUT2D eigenvalue weighted by Crippen LogP contribution is 2.39. The van der Waals surface area contributed by atoms with Gasteiger partial charge in [0, 0.05) is 12.0 Å². The summed E-state index contributed by atoms with van der Waals surface area (Å²) in [5.74, 6) is 1.80. The van der Waals surface area contributed by atoms with Gasteiger partial charge in [0.15, 0.2) is 0 Å². The van der Waals surface area contributed by atoms with E-state index >= 15 is 0 Å². The lowest BCUT2D eigenvalue weighted by Gasteiger charge is -2.29. The third kappa shape index (κ3) is 4.69. The van der Waals surface area contributed by atoms with Gasteiger partial charge in [0.1, 0.15) is 11.5 Å². The summed E-state index contributed by atoms with van der Waals surface area (Å²) in [7, 11) is 1.69. The smallest absolute Gasteiger partial charge is 0.133 e. The Morgan fingerprint density at radius 1 is 0.923 bits per heavy atom. The van der Waals surface area contributed by atoms with Crippen molar-refractivity contribution in [3.8, 4) is 11.5 Å². The first kappa shape index (κ1) is 20.1. The van der Waals surface area contributed by atoms with Gasteiger partial charge in [-0.25, -0.2) is 0 Å². The maximum atomic E-state index is 5.92. The van der Waals surface area contributed by atoms with Crippen molar-refractivity contribution in [3.05, 3.63) is 71.5 Å². The molecule has 0 aromatic heterocycles. The molecule has 0 N–H and O–H groups in total. The van der Waals surface area contributed by atoms with E-state index in [-0.39, 0.29) is 10.8 Å². The monoisotopic (exact) mass is 352 g/mol. The molecular formula is C24H32O2. The Hall–Kier alpha value is -2.22. The Balaban J connectivity index is 2.61. The van der Waals surface area contributed by atoms with Crippen LogP contribution in [0.4, 0.5) is 0 Å². The lowest BCUT2D eigenvalue weighted by molar-refractivity contribution is 0.414. The third-order valence-electron chi connectivity index (χ3n) is 4.59. The van der Waals surface area contributed by atoms with E-state index in [0.717, 1.165) is 17.9 Å². The van der Waals surface area contributed by atoms with Gasteiger partial charge >= 0.3 is 0 Å². The third-order valence-corrected chi connectivity index (χ3v) is 4.59. The van der Waals surface area contributed by atoms with E-state index in [1.807, 2.05) is 12.1 Å². The molecule has 2 rings (SSSR count). The van der Waals surface area contributed by atoms with E-state index in [9.17, 15) is 0 Å². The zero-order valence-electron chi connectivity index (χ0n) is 17.3. The lowest BCUT2D eigenvalue weighted by atomic mass is 9.78. The summed E-state index contributed by atoms with van der Waals surface area (Å²) in [6.07, 6.45) is 2.33. The molecule has 140 valence electrons. The van der Waals surface area contributed by atoms with Gasteiger partial charge in [0.05, 0.1) is 13.4 Å². The molecule has 2 aromatic carbocycles. The van der Waals surface area contributed by atoms with Crippen molar-refractivity contribution in [1.29, 1.82) is 0 Å². The zero-order valence-corrected chi connectivity index (χ0v) is 17.3. The predicted molar refractivity (Wildman–Crippen MR) is 110 cm³/mol. The van der Waals surface area contributed by atoms with E-state index in [4.69, 9.17) is 9.47 Å². The average molecular weight is 353 g/mol. The molecule has 0 fully saturated rings. The van der Waals surface area contributed by atoms with E-state index in [1.54, 1.807) is 7.11 Å². The van der Waals surface area contributed by atoms with Gasteiger partial charge in [0.25, 0.3) is 0 Å². The highest BCUT2D eigenvalue weighted by Gasteiger charge is 2.26. The van der Waals surface area contributed by atoms with Crippen LogP contribution in [0.5, 0.6) is 11.5 Å². The fourth-order valence-electron chi connectivity index (χ4n) is 3.00. The molecule has 2 heteroatoms. The van der Waals surface area contributed by atoms with Crippen LogP contribution < -0.4 is 9.47 Å². The molecule has 0 amide bonds. The van der Waals surface area contributed by atoms with Crippen LogP contribution in [0.25, 0.3) is 0 Å². The van der Waals surface area contributed by atoms with Crippen molar-refractivity contribution in [3.63, 3.8) is 0 Å². The Morgan fingerprint density at radius 3 is 2.00 bits per heavy atom. The summed E-state index contributed by atoms with van der Waals surface area (Å²) >= 11 is 0. The quantitative estimate of drug-likeness (QED) is 0.579. The molecule has 0 aliphatic carbocycles. The maximum Gasteiger partial charge on any atom is 0.133 e. The second-order valence-corrected chi connectivity index (χ2v) is 8.82. The summed E-state index contributed by atoms with van der Waals surface area (Å²) in [5.41, 5.74) is 5.00. The molecular weight excluding hydrogens is 320 g/mol. The Bertz CT molecular complexity index is 757. The molecule has 0 aliphatic rings. The van der Waals surface area contributed by atoms with Crippen molar-refractivity contribution >= 4 is 0 Å². The number of hydrogen-bond acceptors (Lipinski definition) is 2. The largest absolute Gasteiger partial charge is 0.497 e. The van der Waals surface area contributed by atoms with Crippen molar-refractivity contribution < 1.29 is 9.47 Å². The Kier molecular flexibility index (Phi) is 5.85. The normalized spacial score (nSPS) is 12.0. The van der Waals surface area contributed by atoms with Crippen LogP contribution in [0.3, 0.4) is 0 Å². The minimum Gasteiger partial charge on any atom is -0.497 e. The van der Waals surface area contributed by atoms with E-state index in [1.165, 1.54) is 28.5 Å². The minimum atomic E-state index is -0.0196. The molecule has 0 atom stereocenters. The number of ether oxygens (including phenoxy) is 2. The van der Waals surface area contributed by atoms with Crippen molar-refractivity contribution in [2.24, 2.45) is 0 Å². The van der Waals surface area contributed by atoms with E-state index in [0.29, 0.717) is 0 Å². The minimum absolute atomic E-state index is 0.0196. The lowest BCUT2D eigenvalue weighted by Crippen LogP contribution is -2.18. The van der Waals surface area contributed by atoms with Gasteiger partial charge < -0.3 is 9.47 Å². The molecule has 0 saturated carbocycles. The number of hydrogen-bond donors (Lipinski definition) is 0. The van der Waals surface area contributed by atoms with Crippen LogP contribution in [0.2, 0.25) is 0 Å². The molecule has 2 nitrogen and oxygen atoms in total. The molecule has 0 heterocycles. The van der Waals surface area contributed by atoms with Gasteiger partial charge in [-0.05, 0) is 39.7 Å². The first-order valence-electron chi connectivity index (χ1n) is 9.14. The summed E-state index contributed by atoms with van der Waals surface area (Å²) in [6.45, 7) is 17.2. The fraction of sp³-hybridized carbons (Fsp3) is 0.417. The molecule has 0 radical (unpaired) electrons. The van der Waals surface area contributed by atoms with Gasteiger partial charge in [-0.2, -0.15) is 0 Å². The standard InChI is InChI=1S/C24H32O2/c1-9-26-22-18(14-17-10-12-20(25-8)13-11-17)15-19(23(2,3)4)16-21(22)24(5,6)7/h9-13,15-16H,1,14H2,2-8H3. The van der Waals surface area contributed by atoms with Crippen molar-refractivity contribution in [1.82, 2.24) is 0 Å². The van der Waals surface area contributed by atoms with Crippen LogP contribution >= 0.6 is 0 Å². The Labute approximate surface area is 158 Å². The highest BCUT2D eigenvalue weighted by molar-refractivity contribution is 5.51. The van der Waals surface area contributed by atoms with Crippen LogP contribution in [0.1, 0.15) is 63.8 Å². The topological polar surface area (TPSA) is 18.5 Å². The van der Waals surface area contributed by atoms with Gasteiger partial charge in [-0.15, -0.1) is 0 Å². The van der Waals surface area contributed by atoms with E-state index in [2.05, 4.69) is 72.4 Å². The predicted octanol–water partition coefficient (Wildman–Crippen LogP) is 6.40. The van der Waals surface area contributed by atoms with Crippen molar-refractivity contribution in [2.45, 2.75) is 58.8 Å². The first-order chi connectivity index (χ1) is 12.1. The highest BCUT2D eigenvalue weighted by atomic mass is 16.5. The Morgan fingerprint density at radius 2 is 1.54 bits per heavy atom. The molecule has 0 spiro atoms. The zero-order chi connectivity index (χ0) is 19.5. The van der Waals surface area contributed by atoms with Gasteiger partial charge in [-0.3, -0.25) is 0 Å². The van der Waals surface area contributed by atoms with Gasteiger partial charge in [0.2, 0.25) is 0 Å². The van der Waals surface area contributed by atoms with Crippen LogP contribution in [-0.2, 0) is 17.3 Å². The number of benzene rings is 2. The summed E-state index contributed by atoms with van der Waals surface area (Å²) in [5, 5.41) is 0. The number of methoxy groups -OCH3 is 1. The van der Waals surface area contributed by atoms with Crippen LogP contribution in [-0.4, -0.2) is 7.11 Å². The van der Waals surface area contributed by atoms with E-state index < -0.39 is 0 Å². The molecule has 0 saturated heterocycles. The maximum absolute atomic E-state index is 5.92. The molecule has 2 aromatic rings. The fourth-order valence-corrected chi connectivity index (χ4v) is 3.00. The summed E-state index contributed by atoms with van der Waals surface area (Å²) in [6, 6.07) is 12.8. The SMILES string of the molecule is C=COc1c(Cc2ccc(OC)cc2)cc(C(C)(C)C)cc1C(C)(C)C. The average Bonchev–Trinajstić information content (AvgIpc) is 2.55. The second kappa shape index (κ2) is 7.57. The van der Waals surface area contributed by atoms with Gasteiger partial charge in [-0.1, -0.05) is 72.4 Å². The molecule has 0 unspecified atom stereocenters. The van der Waals surface area contributed by atoms with Crippen LogP contribution in [0, 0.1) is 0 Å². The van der Waals surface area contributed by atoms with Crippen LogP contribution in [0.15, 0.2) is 49.2 Å².